The molecule has 1 aromatic carbocycles. The Morgan fingerprint density at radius 2 is 2.04 bits per heavy atom. The Morgan fingerprint density at radius 3 is 2.74 bits per heavy atom. The van der Waals surface area contributed by atoms with Crippen LogP contribution in [0.25, 0.3) is 0 Å². The zero-order valence-electron chi connectivity index (χ0n) is 15.3. The van der Waals surface area contributed by atoms with Gasteiger partial charge in [-0.15, -0.1) is 0 Å². The molecule has 8 nitrogen and oxygen atoms in total. The lowest BCUT2D eigenvalue weighted by Gasteiger charge is -2.11. The Balaban J connectivity index is 1.63. The molecule has 144 valence electrons. The maximum atomic E-state index is 12.4. The molecule has 0 saturated carbocycles. The van der Waals surface area contributed by atoms with Gasteiger partial charge in [0.05, 0.1) is 19.4 Å². The zero-order chi connectivity index (χ0) is 19.2. The summed E-state index contributed by atoms with van der Waals surface area (Å²) < 4.78 is 11.6. The Morgan fingerprint density at radius 1 is 1.26 bits per heavy atom. The number of nitrogens with one attached hydrogen (secondary N) is 2. The Kier molecular flexibility index (Phi) is 6.23. The summed E-state index contributed by atoms with van der Waals surface area (Å²) in [6.45, 7) is 2.44. The normalized spacial score (nSPS) is 12.4. The SMILES string of the molecule is CCOC(=O)Nc1c2c(nn1CC(=O)NCc1ccc(OC)cc1)CSC2. The highest BCUT2D eigenvalue weighted by Crippen LogP contribution is 2.34. The smallest absolute Gasteiger partial charge is 0.412 e. The second-order valence-corrected chi connectivity index (χ2v) is 6.88. The van der Waals surface area contributed by atoms with Crippen LogP contribution in [-0.2, 0) is 34.1 Å². The first kappa shape index (κ1) is 19.1. The van der Waals surface area contributed by atoms with E-state index in [-0.39, 0.29) is 19.1 Å². The topological polar surface area (TPSA) is 94.5 Å². The molecule has 0 aliphatic carbocycles. The van der Waals surface area contributed by atoms with E-state index in [9.17, 15) is 9.59 Å². The van der Waals surface area contributed by atoms with Crippen LogP contribution in [0.4, 0.5) is 10.6 Å². The third-order valence-electron chi connectivity index (χ3n) is 4.06. The number of rotatable bonds is 7. The monoisotopic (exact) mass is 390 g/mol. The fourth-order valence-electron chi connectivity index (χ4n) is 2.72. The van der Waals surface area contributed by atoms with Gasteiger partial charge in [-0.25, -0.2) is 9.48 Å². The Bertz CT molecular complexity index is 820. The lowest BCUT2D eigenvalue weighted by Crippen LogP contribution is -2.29. The summed E-state index contributed by atoms with van der Waals surface area (Å²) in [5.41, 5.74) is 2.82. The molecule has 3 rings (SSSR count). The van der Waals surface area contributed by atoms with Gasteiger partial charge in [-0.2, -0.15) is 16.9 Å². The second-order valence-electron chi connectivity index (χ2n) is 5.89. The molecule has 1 aromatic heterocycles. The molecule has 2 amide bonds. The lowest BCUT2D eigenvalue weighted by molar-refractivity contribution is -0.122. The summed E-state index contributed by atoms with van der Waals surface area (Å²) >= 11 is 1.72. The molecule has 0 atom stereocenters. The highest BCUT2D eigenvalue weighted by Gasteiger charge is 2.25. The number of amides is 2. The number of ether oxygens (including phenoxy) is 2. The van der Waals surface area contributed by atoms with Gasteiger partial charge in [0.15, 0.2) is 0 Å². The number of thioether (sulfide) groups is 1. The van der Waals surface area contributed by atoms with Gasteiger partial charge in [-0.1, -0.05) is 12.1 Å². The largest absolute Gasteiger partial charge is 0.497 e. The van der Waals surface area contributed by atoms with Crippen molar-refractivity contribution >= 4 is 29.6 Å². The molecule has 9 heteroatoms. The predicted octanol–water partition coefficient (Wildman–Crippen LogP) is 2.52. The maximum Gasteiger partial charge on any atom is 0.412 e. The van der Waals surface area contributed by atoms with Crippen LogP contribution in [0.2, 0.25) is 0 Å². The number of hydrogen-bond donors (Lipinski definition) is 2. The molecule has 27 heavy (non-hydrogen) atoms. The average molecular weight is 390 g/mol. The van der Waals surface area contributed by atoms with Gasteiger partial charge in [0.25, 0.3) is 0 Å². The van der Waals surface area contributed by atoms with Gasteiger partial charge in [-0.05, 0) is 24.6 Å². The van der Waals surface area contributed by atoms with Crippen molar-refractivity contribution in [3.8, 4) is 5.75 Å². The maximum absolute atomic E-state index is 12.4. The Labute approximate surface area is 161 Å². The van der Waals surface area contributed by atoms with Crippen LogP contribution < -0.4 is 15.4 Å². The standard InChI is InChI=1S/C18H22N4O4S/c1-3-26-18(24)20-17-14-10-27-11-15(14)21-22(17)9-16(23)19-8-12-4-6-13(25-2)7-5-12/h4-7H,3,8-11H2,1-2H3,(H,19,23)(H,20,24). The highest BCUT2D eigenvalue weighted by molar-refractivity contribution is 7.98. The number of fused-ring (bicyclic) bond motifs is 1. The van der Waals surface area contributed by atoms with E-state index in [1.807, 2.05) is 24.3 Å². The van der Waals surface area contributed by atoms with Crippen molar-refractivity contribution in [2.24, 2.45) is 0 Å². The fraction of sp³-hybridized carbons (Fsp3) is 0.389. The van der Waals surface area contributed by atoms with E-state index in [4.69, 9.17) is 9.47 Å². The van der Waals surface area contributed by atoms with Crippen LogP contribution in [0.5, 0.6) is 5.75 Å². The number of carbonyl (C=O) groups excluding carboxylic acids is 2. The third kappa shape index (κ3) is 4.73. The predicted molar refractivity (Wildman–Crippen MR) is 103 cm³/mol. The minimum Gasteiger partial charge on any atom is -0.497 e. The molecule has 0 unspecified atom stereocenters. The quantitative estimate of drug-likeness (QED) is 0.754. The first-order valence-corrected chi connectivity index (χ1v) is 9.76. The molecular weight excluding hydrogens is 368 g/mol. The van der Waals surface area contributed by atoms with Crippen molar-refractivity contribution in [1.82, 2.24) is 15.1 Å². The van der Waals surface area contributed by atoms with Crippen LogP contribution in [0.1, 0.15) is 23.7 Å². The molecule has 1 aliphatic rings. The minimum atomic E-state index is -0.544. The van der Waals surface area contributed by atoms with Gasteiger partial charge in [0.1, 0.15) is 18.1 Å². The molecule has 0 spiro atoms. The van der Waals surface area contributed by atoms with Crippen molar-refractivity contribution in [2.75, 3.05) is 19.0 Å². The van der Waals surface area contributed by atoms with E-state index in [1.165, 1.54) is 4.68 Å². The summed E-state index contributed by atoms with van der Waals surface area (Å²) in [7, 11) is 1.61. The van der Waals surface area contributed by atoms with Crippen LogP contribution in [0.15, 0.2) is 24.3 Å². The summed E-state index contributed by atoms with van der Waals surface area (Å²) in [6, 6.07) is 7.48. The van der Waals surface area contributed by atoms with E-state index in [0.717, 1.165) is 34.1 Å². The van der Waals surface area contributed by atoms with Crippen molar-refractivity contribution in [1.29, 1.82) is 0 Å². The summed E-state index contributed by atoms with van der Waals surface area (Å²) in [6.07, 6.45) is -0.544. The first-order valence-electron chi connectivity index (χ1n) is 8.60. The van der Waals surface area contributed by atoms with Crippen molar-refractivity contribution in [2.45, 2.75) is 31.5 Å². The number of benzene rings is 1. The van der Waals surface area contributed by atoms with Crippen molar-refractivity contribution < 1.29 is 19.1 Å². The highest BCUT2D eigenvalue weighted by atomic mass is 32.2. The molecule has 1 aliphatic heterocycles. The molecule has 0 bridgehead atoms. The van der Waals surface area contributed by atoms with Gasteiger partial charge >= 0.3 is 6.09 Å². The molecule has 0 saturated heterocycles. The third-order valence-corrected chi connectivity index (χ3v) is 5.03. The van der Waals surface area contributed by atoms with E-state index >= 15 is 0 Å². The van der Waals surface area contributed by atoms with E-state index in [2.05, 4.69) is 15.7 Å². The number of anilines is 1. The number of carbonyl (C=O) groups is 2. The van der Waals surface area contributed by atoms with E-state index in [0.29, 0.717) is 12.4 Å². The van der Waals surface area contributed by atoms with Gasteiger partial charge in [-0.3, -0.25) is 10.1 Å². The molecular formula is C18H22N4O4S. The van der Waals surface area contributed by atoms with Crippen LogP contribution in [0, 0.1) is 0 Å². The summed E-state index contributed by atoms with van der Waals surface area (Å²) in [4.78, 5) is 24.2. The zero-order valence-corrected chi connectivity index (χ0v) is 16.1. The molecule has 2 heterocycles. The number of hydrogen-bond acceptors (Lipinski definition) is 6. The van der Waals surface area contributed by atoms with Crippen molar-refractivity contribution in [3.05, 3.63) is 41.1 Å². The van der Waals surface area contributed by atoms with Crippen LogP contribution in [-0.4, -0.2) is 35.5 Å². The van der Waals surface area contributed by atoms with Gasteiger partial charge < -0.3 is 14.8 Å². The summed E-state index contributed by atoms with van der Waals surface area (Å²) in [5.74, 6) is 2.64. The molecule has 2 aromatic rings. The number of aromatic nitrogens is 2. The first-order chi connectivity index (χ1) is 13.1. The van der Waals surface area contributed by atoms with Crippen LogP contribution >= 0.6 is 11.8 Å². The molecule has 0 fully saturated rings. The molecule has 0 radical (unpaired) electrons. The van der Waals surface area contributed by atoms with Crippen molar-refractivity contribution in [3.63, 3.8) is 0 Å². The van der Waals surface area contributed by atoms with E-state index in [1.54, 1.807) is 25.8 Å². The Hall–Kier alpha value is -2.68. The number of methoxy groups -OCH3 is 1. The number of nitrogens with zero attached hydrogens (tertiary/aromatic N) is 2. The fourth-order valence-corrected chi connectivity index (χ4v) is 3.75. The van der Waals surface area contributed by atoms with E-state index < -0.39 is 6.09 Å². The van der Waals surface area contributed by atoms with Crippen LogP contribution in [0.3, 0.4) is 0 Å². The summed E-state index contributed by atoms with van der Waals surface area (Å²) in [5, 5.41) is 10.1. The average Bonchev–Trinajstić information content (AvgIpc) is 3.23. The van der Waals surface area contributed by atoms with Gasteiger partial charge in [0, 0.05) is 23.6 Å². The van der Waals surface area contributed by atoms with Gasteiger partial charge in [0.2, 0.25) is 5.91 Å². The lowest BCUT2D eigenvalue weighted by atomic mass is 10.2. The minimum absolute atomic E-state index is 0.0234. The molecule has 2 N–H and O–H groups in total. The second kappa shape index (κ2) is 8.81.